The first kappa shape index (κ1) is 16.7. The molecule has 0 fully saturated rings. The minimum atomic E-state index is -0.325. The number of benzene rings is 1. The van der Waals surface area contributed by atoms with Crippen LogP contribution in [0, 0.1) is 0 Å². The molecule has 1 aromatic carbocycles. The number of hydrogen-bond donors (Lipinski definition) is 2. The third-order valence-electron chi connectivity index (χ3n) is 3.68. The Bertz CT molecular complexity index is 900. The number of hydrogen-bond acceptors (Lipinski definition) is 3. The topological polar surface area (TPSA) is 75.5 Å². The molecule has 6 nitrogen and oxygen atoms in total. The molecule has 2 amide bonds. The van der Waals surface area contributed by atoms with Crippen LogP contribution in [0.25, 0.3) is 5.52 Å². The van der Waals surface area contributed by atoms with Gasteiger partial charge >= 0.3 is 0 Å². The summed E-state index contributed by atoms with van der Waals surface area (Å²) in [5, 5.41) is 5.66. The zero-order valence-corrected chi connectivity index (χ0v) is 14.2. The van der Waals surface area contributed by atoms with Crippen molar-refractivity contribution >= 4 is 17.3 Å². The molecule has 3 rings (SSSR count). The smallest absolute Gasteiger partial charge is 0.287 e. The van der Waals surface area contributed by atoms with E-state index in [4.69, 9.17) is 0 Å². The molecule has 0 unspecified atom stereocenters. The highest BCUT2D eigenvalue weighted by Gasteiger charge is 2.21. The van der Waals surface area contributed by atoms with Crippen LogP contribution in [0.3, 0.4) is 0 Å². The predicted molar refractivity (Wildman–Crippen MR) is 95.4 cm³/mol. The summed E-state index contributed by atoms with van der Waals surface area (Å²) in [6.07, 6.45) is 1.73. The lowest BCUT2D eigenvalue weighted by atomic mass is 10.2. The highest BCUT2D eigenvalue weighted by molar-refractivity contribution is 6.02. The number of nitrogens with zero attached hydrogens (tertiary/aromatic N) is 2. The summed E-state index contributed by atoms with van der Waals surface area (Å²) < 4.78 is 1.63. The van der Waals surface area contributed by atoms with Gasteiger partial charge in [0.2, 0.25) is 5.82 Å². The highest BCUT2D eigenvalue weighted by atomic mass is 16.2. The number of carbonyl (C=O) groups excluding carboxylic acids is 2. The second-order valence-electron chi connectivity index (χ2n) is 6.04. The number of fused-ring (bicyclic) bond motifs is 1. The van der Waals surface area contributed by atoms with Crippen molar-refractivity contribution < 1.29 is 9.59 Å². The minimum Gasteiger partial charge on any atom is -0.348 e. The summed E-state index contributed by atoms with van der Waals surface area (Å²) in [6, 6.07) is 15.0. The van der Waals surface area contributed by atoms with Crippen LogP contribution in [0.1, 0.15) is 40.5 Å². The molecule has 128 valence electrons. The maximum absolute atomic E-state index is 12.6. The average molecular weight is 336 g/mol. The van der Waals surface area contributed by atoms with Crippen LogP contribution in [-0.2, 0) is 6.54 Å². The van der Waals surface area contributed by atoms with Gasteiger partial charge in [0.25, 0.3) is 11.8 Å². The Morgan fingerprint density at radius 1 is 1.04 bits per heavy atom. The number of rotatable bonds is 5. The van der Waals surface area contributed by atoms with Gasteiger partial charge in [-0.05, 0) is 31.5 Å². The van der Waals surface area contributed by atoms with E-state index in [2.05, 4.69) is 15.6 Å². The number of pyridine rings is 1. The number of aromatic nitrogens is 2. The van der Waals surface area contributed by atoms with Crippen LogP contribution in [0.5, 0.6) is 0 Å². The Kier molecular flexibility index (Phi) is 4.79. The van der Waals surface area contributed by atoms with Crippen molar-refractivity contribution in [2.75, 3.05) is 0 Å². The second-order valence-corrected chi connectivity index (χ2v) is 6.04. The van der Waals surface area contributed by atoms with Crippen LogP contribution in [0.15, 0.2) is 54.7 Å². The molecule has 25 heavy (non-hydrogen) atoms. The molecule has 0 saturated carbocycles. The van der Waals surface area contributed by atoms with Crippen LogP contribution in [0.2, 0.25) is 0 Å². The molecule has 0 radical (unpaired) electrons. The average Bonchev–Trinajstić information content (AvgIpc) is 3.00. The number of carbonyl (C=O) groups is 2. The normalized spacial score (nSPS) is 10.8. The van der Waals surface area contributed by atoms with Crippen molar-refractivity contribution in [2.45, 2.75) is 26.4 Å². The molecule has 0 aliphatic heterocycles. The molecular formula is C19H20N4O2. The zero-order chi connectivity index (χ0) is 17.8. The molecule has 2 heterocycles. The maximum atomic E-state index is 12.6. The maximum Gasteiger partial charge on any atom is 0.287 e. The lowest BCUT2D eigenvalue weighted by Crippen LogP contribution is -2.30. The molecular weight excluding hydrogens is 316 g/mol. The largest absolute Gasteiger partial charge is 0.348 e. The fourth-order valence-corrected chi connectivity index (χ4v) is 2.55. The summed E-state index contributed by atoms with van der Waals surface area (Å²) in [7, 11) is 0. The lowest BCUT2D eigenvalue weighted by molar-refractivity contribution is 0.0939. The third kappa shape index (κ3) is 3.68. The van der Waals surface area contributed by atoms with Crippen molar-refractivity contribution in [3.8, 4) is 0 Å². The molecule has 0 spiro atoms. The number of nitrogens with one attached hydrogen (secondary N) is 2. The molecule has 3 aromatic rings. The fraction of sp³-hybridized carbons (Fsp3) is 0.211. The summed E-state index contributed by atoms with van der Waals surface area (Å²) in [6.45, 7) is 4.16. The fourth-order valence-electron chi connectivity index (χ4n) is 2.55. The zero-order valence-electron chi connectivity index (χ0n) is 14.2. The summed E-state index contributed by atoms with van der Waals surface area (Å²) in [5.41, 5.74) is 1.85. The van der Waals surface area contributed by atoms with Gasteiger partial charge in [-0.3, -0.25) is 14.0 Å². The van der Waals surface area contributed by atoms with E-state index >= 15 is 0 Å². The van der Waals surface area contributed by atoms with Crippen LogP contribution in [0.4, 0.5) is 0 Å². The van der Waals surface area contributed by atoms with E-state index in [1.807, 2.05) is 50.2 Å². The van der Waals surface area contributed by atoms with Gasteiger partial charge in [0, 0.05) is 18.8 Å². The Hall–Kier alpha value is -3.15. The Morgan fingerprint density at radius 2 is 1.76 bits per heavy atom. The van der Waals surface area contributed by atoms with Gasteiger partial charge in [-0.1, -0.05) is 36.4 Å². The first-order chi connectivity index (χ1) is 12.1. The van der Waals surface area contributed by atoms with Crippen molar-refractivity contribution in [2.24, 2.45) is 0 Å². The molecule has 0 aliphatic carbocycles. The Morgan fingerprint density at radius 3 is 2.48 bits per heavy atom. The number of imidazole rings is 1. The van der Waals surface area contributed by atoms with Crippen molar-refractivity contribution in [1.29, 1.82) is 0 Å². The Balaban J connectivity index is 1.88. The van der Waals surface area contributed by atoms with Crippen LogP contribution < -0.4 is 10.6 Å². The predicted octanol–water partition coefficient (Wildman–Crippen LogP) is 2.40. The third-order valence-corrected chi connectivity index (χ3v) is 3.68. The van der Waals surface area contributed by atoms with Gasteiger partial charge in [0.1, 0.15) is 0 Å². The first-order valence-corrected chi connectivity index (χ1v) is 8.16. The van der Waals surface area contributed by atoms with Crippen LogP contribution in [-0.4, -0.2) is 27.2 Å². The van der Waals surface area contributed by atoms with Gasteiger partial charge in [0.05, 0.1) is 5.52 Å². The summed E-state index contributed by atoms with van der Waals surface area (Å²) >= 11 is 0. The van der Waals surface area contributed by atoms with Gasteiger partial charge in [-0.25, -0.2) is 4.98 Å². The number of amides is 2. The van der Waals surface area contributed by atoms with E-state index in [-0.39, 0.29) is 29.4 Å². The second kappa shape index (κ2) is 7.17. The lowest BCUT2D eigenvalue weighted by Gasteiger charge is -2.06. The Labute approximate surface area is 145 Å². The molecule has 0 saturated heterocycles. The molecule has 6 heteroatoms. The van der Waals surface area contributed by atoms with E-state index in [0.29, 0.717) is 12.1 Å². The standard InChI is InChI=1S/C19H20N4O2/c1-13(2)21-18(24)16-15-10-6-7-11-23(15)17(22-16)19(25)20-12-14-8-4-3-5-9-14/h3-11,13H,12H2,1-2H3,(H,20,25)(H,21,24). The van der Waals surface area contributed by atoms with Crippen LogP contribution >= 0.6 is 0 Å². The van der Waals surface area contributed by atoms with E-state index in [1.54, 1.807) is 22.7 Å². The quantitative estimate of drug-likeness (QED) is 0.751. The first-order valence-electron chi connectivity index (χ1n) is 8.16. The molecule has 2 N–H and O–H groups in total. The van der Waals surface area contributed by atoms with Crippen molar-refractivity contribution in [3.63, 3.8) is 0 Å². The van der Waals surface area contributed by atoms with E-state index in [9.17, 15) is 9.59 Å². The van der Waals surface area contributed by atoms with E-state index < -0.39 is 0 Å². The highest BCUT2D eigenvalue weighted by Crippen LogP contribution is 2.14. The summed E-state index contributed by atoms with van der Waals surface area (Å²) in [4.78, 5) is 29.2. The van der Waals surface area contributed by atoms with Gasteiger partial charge in [-0.2, -0.15) is 0 Å². The van der Waals surface area contributed by atoms with Crippen molar-refractivity contribution in [3.05, 3.63) is 71.8 Å². The molecule has 0 atom stereocenters. The minimum absolute atomic E-state index is 0.0108. The van der Waals surface area contributed by atoms with Gasteiger partial charge < -0.3 is 10.6 Å². The van der Waals surface area contributed by atoms with Gasteiger partial charge in [-0.15, -0.1) is 0 Å². The molecule has 0 aliphatic rings. The van der Waals surface area contributed by atoms with Gasteiger partial charge in [0.15, 0.2) is 5.69 Å². The van der Waals surface area contributed by atoms with E-state index in [0.717, 1.165) is 5.56 Å². The summed E-state index contributed by atoms with van der Waals surface area (Å²) in [5.74, 6) is -0.421. The SMILES string of the molecule is CC(C)NC(=O)c1nc(C(=O)NCc2ccccc2)n2ccccc12. The van der Waals surface area contributed by atoms with Crippen molar-refractivity contribution in [1.82, 2.24) is 20.0 Å². The van der Waals surface area contributed by atoms with E-state index in [1.165, 1.54) is 0 Å². The molecule has 0 bridgehead atoms. The molecule has 2 aromatic heterocycles. The monoisotopic (exact) mass is 336 g/mol.